The van der Waals surface area contributed by atoms with Gasteiger partial charge >= 0.3 is 0 Å². The molecule has 1 aromatic carbocycles. The zero-order valence-corrected chi connectivity index (χ0v) is 12.2. The van der Waals surface area contributed by atoms with Crippen molar-refractivity contribution in [1.29, 1.82) is 5.26 Å². The molecule has 2 aromatic rings. The lowest BCUT2D eigenvalue weighted by atomic mass is 10.1. The fourth-order valence-electron chi connectivity index (χ4n) is 2.10. The van der Waals surface area contributed by atoms with Gasteiger partial charge in [-0.15, -0.1) is 5.10 Å². The zero-order chi connectivity index (χ0) is 15.2. The van der Waals surface area contributed by atoms with E-state index in [9.17, 15) is 10.4 Å². The fraction of sp³-hybridized carbons (Fsp3) is 0.312. The van der Waals surface area contributed by atoms with Crippen LogP contribution in [0, 0.1) is 25.2 Å². The summed E-state index contributed by atoms with van der Waals surface area (Å²) < 4.78 is 0. The third-order valence-electron chi connectivity index (χ3n) is 3.45. The molecule has 0 aliphatic heterocycles. The minimum absolute atomic E-state index is 0.0473. The molecule has 0 fully saturated rings. The van der Waals surface area contributed by atoms with Crippen molar-refractivity contribution in [2.75, 3.05) is 11.9 Å². The molecule has 1 heterocycles. The summed E-state index contributed by atoms with van der Waals surface area (Å²) in [5, 5.41) is 30.0. The predicted octanol–water partition coefficient (Wildman–Crippen LogP) is 1.98. The average molecular weight is 282 g/mol. The highest BCUT2D eigenvalue weighted by Crippen LogP contribution is 2.18. The first-order valence-corrected chi connectivity index (χ1v) is 6.81. The molecular formula is C16H18N4O. The maximum absolute atomic E-state index is 9.54. The third kappa shape index (κ3) is 3.56. The smallest absolute Gasteiger partial charge is 0.167 e. The largest absolute Gasteiger partial charge is 0.394 e. The Kier molecular flexibility index (Phi) is 4.85. The minimum atomic E-state index is -0.212. The molecule has 2 N–H and O–H groups in total. The van der Waals surface area contributed by atoms with Gasteiger partial charge in [-0.05, 0) is 31.4 Å². The van der Waals surface area contributed by atoms with Crippen LogP contribution in [-0.2, 0) is 6.42 Å². The van der Waals surface area contributed by atoms with Crippen LogP contribution in [0.25, 0.3) is 0 Å². The van der Waals surface area contributed by atoms with Crippen molar-refractivity contribution in [3.8, 4) is 6.07 Å². The van der Waals surface area contributed by atoms with E-state index in [0.29, 0.717) is 17.8 Å². The number of hydrogen-bond acceptors (Lipinski definition) is 5. The average Bonchev–Trinajstić information content (AvgIpc) is 2.51. The van der Waals surface area contributed by atoms with Gasteiger partial charge in [0.1, 0.15) is 11.6 Å². The number of aryl methyl sites for hydroxylation is 1. The van der Waals surface area contributed by atoms with Crippen LogP contribution in [0.3, 0.4) is 0 Å². The molecule has 0 saturated carbocycles. The maximum atomic E-state index is 9.54. The van der Waals surface area contributed by atoms with Gasteiger partial charge in [0, 0.05) is 0 Å². The Morgan fingerprint density at radius 1 is 1.24 bits per heavy atom. The Morgan fingerprint density at radius 2 is 1.95 bits per heavy atom. The van der Waals surface area contributed by atoms with Crippen molar-refractivity contribution in [3.63, 3.8) is 0 Å². The highest BCUT2D eigenvalue weighted by atomic mass is 16.3. The van der Waals surface area contributed by atoms with Gasteiger partial charge in [-0.1, -0.05) is 30.3 Å². The predicted molar refractivity (Wildman–Crippen MR) is 80.9 cm³/mol. The van der Waals surface area contributed by atoms with E-state index in [1.807, 2.05) is 44.2 Å². The van der Waals surface area contributed by atoms with Crippen molar-refractivity contribution in [2.45, 2.75) is 26.3 Å². The number of nitriles is 1. The molecular weight excluding hydrogens is 264 g/mol. The molecule has 0 aliphatic rings. The van der Waals surface area contributed by atoms with Crippen LogP contribution in [0.4, 0.5) is 5.82 Å². The lowest BCUT2D eigenvalue weighted by molar-refractivity contribution is 0.273. The summed E-state index contributed by atoms with van der Waals surface area (Å²) in [4.78, 5) is 0. The number of aliphatic hydroxyl groups excluding tert-OH is 1. The van der Waals surface area contributed by atoms with Crippen molar-refractivity contribution < 1.29 is 5.11 Å². The van der Waals surface area contributed by atoms with E-state index in [2.05, 4.69) is 21.6 Å². The molecule has 0 radical (unpaired) electrons. The zero-order valence-electron chi connectivity index (χ0n) is 12.2. The van der Waals surface area contributed by atoms with Gasteiger partial charge in [-0.3, -0.25) is 0 Å². The second-order valence-corrected chi connectivity index (χ2v) is 4.96. The number of aliphatic hydroxyl groups is 1. The summed E-state index contributed by atoms with van der Waals surface area (Å²) in [7, 11) is 0. The first-order valence-electron chi connectivity index (χ1n) is 6.81. The lowest BCUT2D eigenvalue weighted by Crippen LogP contribution is -2.27. The lowest BCUT2D eigenvalue weighted by Gasteiger charge is -2.18. The fourth-order valence-corrected chi connectivity index (χ4v) is 2.10. The van der Waals surface area contributed by atoms with Gasteiger partial charge in [0.05, 0.1) is 18.3 Å². The van der Waals surface area contributed by atoms with E-state index in [1.165, 1.54) is 0 Å². The molecule has 5 nitrogen and oxygen atoms in total. The van der Waals surface area contributed by atoms with Gasteiger partial charge < -0.3 is 10.4 Å². The molecule has 1 atom stereocenters. The second-order valence-electron chi connectivity index (χ2n) is 4.96. The Morgan fingerprint density at radius 3 is 2.57 bits per heavy atom. The van der Waals surface area contributed by atoms with Crippen LogP contribution >= 0.6 is 0 Å². The van der Waals surface area contributed by atoms with Crippen molar-refractivity contribution in [2.24, 2.45) is 0 Å². The minimum Gasteiger partial charge on any atom is -0.394 e. The molecule has 0 aliphatic carbocycles. The van der Waals surface area contributed by atoms with Crippen LogP contribution in [0.15, 0.2) is 30.3 Å². The van der Waals surface area contributed by atoms with E-state index in [1.54, 1.807) is 0 Å². The van der Waals surface area contributed by atoms with E-state index >= 15 is 0 Å². The molecule has 1 unspecified atom stereocenters. The number of nitrogens with zero attached hydrogens (tertiary/aromatic N) is 3. The molecule has 0 spiro atoms. The van der Waals surface area contributed by atoms with E-state index in [0.717, 1.165) is 16.8 Å². The Bertz CT molecular complexity index is 649. The number of hydrogen-bond donors (Lipinski definition) is 2. The molecule has 0 saturated heterocycles. The van der Waals surface area contributed by atoms with Crippen LogP contribution < -0.4 is 5.32 Å². The number of aromatic nitrogens is 2. The van der Waals surface area contributed by atoms with Gasteiger partial charge in [-0.2, -0.15) is 10.4 Å². The van der Waals surface area contributed by atoms with Gasteiger partial charge in [0.2, 0.25) is 0 Å². The van der Waals surface area contributed by atoms with Crippen molar-refractivity contribution >= 4 is 5.82 Å². The molecule has 5 heteroatoms. The van der Waals surface area contributed by atoms with Crippen molar-refractivity contribution in [3.05, 3.63) is 52.7 Å². The normalized spacial score (nSPS) is 11.7. The molecule has 21 heavy (non-hydrogen) atoms. The summed E-state index contributed by atoms with van der Waals surface area (Å²) in [5.74, 6) is 0.426. The van der Waals surface area contributed by atoms with Crippen LogP contribution in [0.2, 0.25) is 0 Å². The second kappa shape index (κ2) is 6.82. The molecule has 0 amide bonds. The quantitative estimate of drug-likeness (QED) is 0.876. The van der Waals surface area contributed by atoms with Gasteiger partial charge in [0.15, 0.2) is 5.82 Å². The van der Waals surface area contributed by atoms with E-state index in [-0.39, 0.29) is 12.6 Å². The number of benzene rings is 1. The molecule has 108 valence electrons. The van der Waals surface area contributed by atoms with Crippen molar-refractivity contribution in [1.82, 2.24) is 10.2 Å². The third-order valence-corrected chi connectivity index (χ3v) is 3.45. The number of rotatable bonds is 5. The summed E-state index contributed by atoms with van der Waals surface area (Å²) in [6.07, 6.45) is 0.650. The summed E-state index contributed by atoms with van der Waals surface area (Å²) >= 11 is 0. The van der Waals surface area contributed by atoms with Crippen LogP contribution in [0.5, 0.6) is 0 Å². The Hall–Kier alpha value is -2.45. The number of nitrogens with one attached hydrogen (secondary N) is 1. The monoisotopic (exact) mass is 282 g/mol. The molecule has 0 bridgehead atoms. The standard InChI is InChI=1S/C16H18N4O/c1-11-12(2)19-20-16(15(11)9-17)18-14(10-21)8-13-6-4-3-5-7-13/h3-7,14,21H,8,10H2,1-2H3,(H,18,20). The number of anilines is 1. The maximum Gasteiger partial charge on any atom is 0.167 e. The SMILES string of the molecule is Cc1nnc(NC(CO)Cc2ccccc2)c(C#N)c1C. The van der Waals surface area contributed by atoms with E-state index in [4.69, 9.17) is 0 Å². The summed E-state index contributed by atoms with van der Waals surface area (Å²) in [5.41, 5.74) is 3.14. The van der Waals surface area contributed by atoms with Crippen LogP contribution in [-0.4, -0.2) is 28.0 Å². The topological polar surface area (TPSA) is 81.8 Å². The summed E-state index contributed by atoms with van der Waals surface area (Å²) in [6.45, 7) is 3.62. The Labute approximate surface area is 124 Å². The Balaban J connectivity index is 2.20. The van der Waals surface area contributed by atoms with Gasteiger partial charge in [0.25, 0.3) is 0 Å². The van der Waals surface area contributed by atoms with Gasteiger partial charge in [-0.25, -0.2) is 0 Å². The van der Waals surface area contributed by atoms with E-state index < -0.39 is 0 Å². The highest BCUT2D eigenvalue weighted by Gasteiger charge is 2.15. The molecule has 1 aromatic heterocycles. The molecule has 2 rings (SSSR count). The first-order chi connectivity index (χ1) is 10.2. The highest BCUT2D eigenvalue weighted by molar-refractivity contribution is 5.56. The first kappa shape index (κ1) is 14.9. The summed E-state index contributed by atoms with van der Waals surface area (Å²) in [6, 6.07) is 11.8. The van der Waals surface area contributed by atoms with Crippen LogP contribution in [0.1, 0.15) is 22.4 Å².